The number of alkyl halides is 1. The van der Waals surface area contributed by atoms with Crippen LogP contribution in [-0.2, 0) is 0 Å². The normalized spacial score (nSPS) is 11.4. The SMILES string of the molecule is C=C(CCCCl)[Si](C)(C)c1ccccc1. The molecule has 0 fully saturated rings. The summed E-state index contributed by atoms with van der Waals surface area (Å²) in [6, 6.07) is 10.7. The van der Waals surface area contributed by atoms with Crippen LogP contribution in [0.15, 0.2) is 42.1 Å². The average Bonchev–Trinajstić information content (AvgIpc) is 2.27. The molecule has 0 aliphatic carbocycles. The van der Waals surface area contributed by atoms with Crippen molar-refractivity contribution >= 4 is 24.9 Å². The minimum absolute atomic E-state index is 0.734. The minimum atomic E-state index is -1.47. The van der Waals surface area contributed by atoms with E-state index in [2.05, 4.69) is 50.0 Å². The van der Waals surface area contributed by atoms with Crippen molar-refractivity contribution in [3.63, 3.8) is 0 Å². The van der Waals surface area contributed by atoms with E-state index < -0.39 is 8.07 Å². The lowest BCUT2D eigenvalue weighted by Gasteiger charge is -2.25. The van der Waals surface area contributed by atoms with Crippen LogP contribution in [0.2, 0.25) is 13.1 Å². The third-order valence-electron chi connectivity index (χ3n) is 2.99. The Morgan fingerprint density at radius 2 is 1.87 bits per heavy atom. The van der Waals surface area contributed by atoms with E-state index in [9.17, 15) is 0 Å². The quantitative estimate of drug-likeness (QED) is 0.542. The molecule has 0 saturated carbocycles. The van der Waals surface area contributed by atoms with Gasteiger partial charge in [-0.15, -0.1) is 18.2 Å². The molecule has 82 valence electrons. The van der Waals surface area contributed by atoms with Crippen LogP contribution in [0, 0.1) is 0 Å². The molecule has 0 radical (unpaired) electrons. The Hall–Kier alpha value is -0.533. The molecule has 0 saturated heterocycles. The molecule has 1 rings (SSSR count). The third kappa shape index (κ3) is 3.22. The van der Waals surface area contributed by atoms with Crippen LogP contribution in [0.25, 0.3) is 0 Å². The van der Waals surface area contributed by atoms with Crippen molar-refractivity contribution in [2.45, 2.75) is 25.9 Å². The van der Waals surface area contributed by atoms with Crippen LogP contribution in [-0.4, -0.2) is 14.0 Å². The van der Waals surface area contributed by atoms with Gasteiger partial charge in [-0.25, -0.2) is 0 Å². The highest BCUT2D eigenvalue weighted by Crippen LogP contribution is 2.18. The number of halogens is 1. The Kier molecular flexibility index (Phi) is 4.62. The third-order valence-corrected chi connectivity index (χ3v) is 7.05. The van der Waals surface area contributed by atoms with Crippen molar-refractivity contribution < 1.29 is 0 Å². The fourth-order valence-corrected chi connectivity index (χ4v) is 4.02. The second-order valence-electron chi connectivity index (χ2n) is 4.39. The molecule has 0 nitrogen and oxygen atoms in total. The molecule has 0 bridgehead atoms. The second kappa shape index (κ2) is 5.52. The van der Waals surface area contributed by atoms with Gasteiger partial charge in [0.15, 0.2) is 0 Å². The molecule has 15 heavy (non-hydrogen) atoms. The summed E-state index contributed by atoms with van der Waals surface area (Å²) in [5.41, 5.74) is 0. The molecule has 0 unspecified atom stereocenters. The van der Waals surface area contributed by atoms with Crippen molar-refractivity contribution in [2.24, 2.45) is 0 Å². The largest absolute Gasteiger partial charge is 0.127 e. The summed E-state index contributed by atoms with van der Waals surface area (Å²) >= 11 is 5.72. The number of rotatable bonds is 5. The maximum Gasteiger partial charge on any atom is 0.106 e. The van der Waals surface area contributed by atoms with Crippen molar-refractivity contribution in [3.8, 4) is 0 Å². The van der Waals surface area contributed by atoms with Crippen LogP contribution in [0.1, 0.15) is 12.8 Å². The molecule has 1 aromatic carbocycles. The molecular formula is C13H19ClSi. The molecule has 0 atom stereocenters. The summed E-state index contributed by atoms with van der Waals surface area (Å²) in [7, 11) is -1.47. The molecule has 0 aliphatic heterocycles. The molecule has 1 aromatic rings. The summed E-state index contributed by atoms with van der Waals surface area (Å²) < 4.78 is 0. The molecule has 0 heterocycles. The maximum absolute atomic E-state index is 5.72. The number of allylic oxidation sites excluding steroid dienone is 1. The molecule has 0 spiro atoms. The van der Waals surface area contributed by atoms with Gasteiger partial charge in [-0.1, -0.05) is 53.8 Å². The Balaban J connectivity index is 2.78. The first-order chi connectivity index (χ1) is 7.09. The van der Waals surface area contributed by atoms with Crippen LogP contribution in [0.3, 0.4) is 0 Å². The Bertz CT molecular complexity index is 317. The van der Waals surface area contributed by atoms with Crippen molar-refractivity contribution in [1.29, 1.82) is 0 Å². The van der Waals surface area contributed by atoms with Crippen LogP contribution >= 0.6 is 11.6 Å². The first kappa shape index (κ1) is 12.5. The minimum Gasteiger partial charge on any atom is -0.127 e. The molecule has 0 N–H and O–H groups in total. The highest BCUT2D eigenvalue weighted by molar-refractivity contribution is 6.95. The zero-order chi connectivity index (χ0) is 11.3. The van der Waals surface area contributed by atoms with E-state index >= 15 is 0 Å². The Morgan fingerprint density at radius 1 is 1.27 bits per heavy atom. The first-order valence-electron chi connectivity index (χ1n) is 5.39. The Morgan fingerprint density at radius 3 is 2.40 bits per heavy atom. The standard InChI is InChI=1S/C13H19ClSi/c1-12(8-7-11-14)15(2,3)13-9-5-4-6-10-13/h4-6,9-10H,1,7-8,11H2,2-3H3. The van der Waals surface area contributed by atoms with Gasteiger partial charge in [0.05, 0.1) is 0 Å². The predicted octanol–water partition coefficient (Wildman–Crippen LogP) is 3.72. The van der Waals surface area contributed by atoms with Gasteiger partial charge in [-0.3, -0.25) is 0 Å². The van der Waals surface area contributed by atoms with Gasteiger partial charge in [0.25, 0.3) is 0 Å². The van der Waals surface area contributed by atoms with E-state index in [1.54, 1.807) is 0 Å². The van der Waals surface area contributed by atoms with Gasteiger partial charge >= 0.3 is 0 Å². The summed E-state index contributed by atoms with van der Waals surface area (Å²) in [4.78, 5) is 0. The Labute approximate surface area is 99.0 Å². The van der Waals surface area contributed by atoms with E-state index in [4.69, 9.17) is 11.6 Å². The van der Waals surface area contributed by atoms with Crippen LogP contribution in [0.4, 0.5) is 0 Å². The lowest BCUT2D eigenvalue weighted by molar-refractivity contribution is 0.947. The summed E-state index contributed by atoms with van der Waals surface area (Å²) in [6.45, 7) is 8.96. The van der Waals surface area contributed by atoms with Gasteiger partial charge in [-0.05, 0) is 12.8 Å². The van der Waals surface area contributed by atoms with Crippen molar-refractivity contribution in [3.05, 3.63) is 42.1 Å². The molecule has 0 aliphatic rings. The zero-order valence-corrected chi connectivity index (χ0v) is 11.3. The van der Waals surface area contributed by atoms with E-state index in [1.165, 1.54) is 10.4 Å². The highest BCUT2D eigenvalue weighted by Gasteiger charge is 2.25. The summed E-state index contributed by atoms with van der Waals surface area (Å²) in [5, 5.41) is 2.86. The summed E-state index contributed by atoms with van der Waals surface area (Å²) in [5.74, 6) is 0.734. The number of hydrogen-bond acceptors (Lipinski definition) is 0. The topological polar surface area (TPSA) is 0 Å². The smallest absolute Gasteiger partial charge is 0.106 e. The fraction of sp³-hybridized carbons (Fsp3) is 0.385. The fourth-order valence-electron chi connectivity index (χ4n) is 1.65. The number of benzene rings is 1. The van der Waals surface area contributed by atoms with E-state index in [-0.39, 0.29) is 0 Å². The van der Waals surface area contributed by atoms with Gasteiger partial charge in [0.2, 0.25) is 0 Å². The summed E-state index contributed by atoms with van der Waals surface area (Å²) in [6.07, 6.45) is 2.11. The van der Waals surface area contributed by atoms with E-state index in [1.807, 2.05) is 0 Å². The average molecular weight is 239 g/mol. The van der Waals surface area contributed by atoms with Crippen molar-refractivity contribution in [2.75, 3.05) is 5.88 Å². The highest BCUT2D eigenvalue weighted by atomic mass is 35.5. The van der Waals surface area contributed by atoms with Gasteiger partial charge in [-0.2, -0.15) is 0 Å². The predicted molar refractivity (Wildman–Crippen MR) is 72.7 cm³/mol. The number of hydrogen-bond donors (Lipinski definition) is 0. The van der Waals surface area contributed by atoms with Gasteiger partial charge in [0, 0.05) is 5.88 Å². The van der Waals surface area contributed by atoms with Crippen LogP contribution in [0.5, 0.6) is 0 Å². The molecule has 0 amide bonds. The lowest BCUT2D eigenvalue weighted by atomic mass is 10.3. The lowest BCUT2D eigenvalue weighted by Crippen LogP contribution is -2.43. The first-order valence-corrected chi connectivity index (χ1v) is 8.92. The molecule has 0 aromatic heterocycles. The van der Waals surface area contributed by atoms with Crippen LogP contribution < -0.4 is 5.19 Å². The molecular weight excluding hydrogens is 220 g/mol. The second-order valence-corrected chi connectivity index (χ2v) is 9.30. The van der Waals surface area contributed by atoms with Gasteiger partial charge < -0.3 is 0 Å². The zero-order valence-electron chi connectivity index (χ0n) is 9.59. The van der Waals surface area contributed by atoms with E-state index in [0.29, 0.717) is 0 Å². The van der Waals surface area contributed by atoms with E-state index in [0.717, 1.165) is 18.7 Å². The molecule has 2 heteroatoms. The van der Waals surface area contributed by atoms with Gasteiger partial charge in [0.1, 0.15) is 8.07 Å². The van der Waals surface area contributed by atoms with Crippen molar-refractivity contribution in [1.82, 2.24) is 0 Å². The monoisotopic (exact) mass is 238 g/mol. The maximum atomic E-state index is 5.72.